The highest BCUT2D eigenvalue weighted by molar-refractivity contribution is 7.80. The summed E-state index contributed by atoms with van der Waals surface area (Å²) in [6.45, 7) is 3.73. The van der Waals surface area contributed by atoms with Gasteiger partial charge in [0.2, 0.25) is 0 Å². The van der Waals surface area contributed by atoms with Gasteiger partial charge in [-0.2, -0.15) is 0 Å². The highest BCUT2D eigenvalue weighted by Crippen LogP contribution is 2.27. The fourth-order valence-electron chi connectivity index (χ4n) is 2.19. The zero-order chi connectivity index (χ0) is 13.1. The summed E-state index contributed by atoms with van der Waals surface area (Å²) >= 11 is 5.03. The Morgan fingerprint density at radius 2 is 2.24 bits per heavy atom. The second-order valence-electron chi connectivity index (χ2n) is 4.81. The molecule has 0 aromatic heterocycles. The number of ether oxygens (including phenoxy) is 1. The molecule has 0 aromatic rings. The quantitative estimate of drug-likeness (QED) is 0.731. The van der Waals surface area contributed by atoms with Crippen LogP contribution in [0.5, 0.6) is 0 Å². The molecule has 1 fully saturated rings. The summed E-state index contributed by atoms with van der Waals surface area (Å²) in [5.41, 5.74) is 4.93. The topological polar surface area (TPSA) is 64.3 Å². The molecular formula is C12H22N2O2S. The van der Waals surface area contributed by atoms with E-state index < -0.39 is 5.60 Å². The number of thiocarbonyl (C=S) groups is 1. The second kappa shape index (κ2) is 5.78. The molecule has 17 heavy (non-hydrogen) atoms. The smallest absolute Gasteiger partial charge is 0.252 e. The maximum absolute atomic E-state index is 12.1. The minimum atomic E-state index is -0.761. The van der Waals surface area contributed by atoms with Crippen LogP contribution in [-0.4, -0.2) is 29.6 Å². The van der Waals surface area contributed by atoms with E-state index in [0.717, 1.165) is 19.3 Å². The van der Waals surface area contributed by atoms with Crippen molar-refractivity contribution in [3.8, 4) is 0 Å². The first-order valence-electron chi connectivity index (χ1n) is 6.10. The maximum atomic E-state index is 12.1. The SMILES string of the molecule is CCC(C)(OC)C(=O)NC1CCCC1C(N)=S. The molecule has 0 heterocycles. The predicted molar refractivity (Wildman–Crippen MR) is 71.8 cm³/mol. The number of methoxy groups -OCH3 is 1. The molecule has 0 spiro atoms. The van der Waals surface area contributed by atoms with Crippen LogP contribution in [0.2, 0.25) is 0 Å². The molecule has 98 valence electrons. The van der Waals surface area contributed by atoms with E-state index in [0.29, 0.717) is 11.4 Å². The van der Waals surface area contributed by atoms with E-state index in [-0.39, 0.29) is 17.9 Å². The molecule has 0 saturated heterocycles. The van der Waals surface area contributed by atoms with Gasteiger partial charge in [0.25, 0.3) is 5.91 Å². The van der Waals surface area contributed by atoms with E-state index in [1.807, 2.05) is 6.92 Å². The number of carbonyl (C=O) groups excluding carboxylic acids is 1. The number of rotatable bonds is 5. The molecule has 0 bridgehead atoms. The lowest BCUT2D eigenvalue weighted by atomic mass is 9.99. The van der Waals surface area contributed by atoms with Gasteiger partial charge < -0.3 is 15.8 Å². The molecule has 3 N–H and O–H groups in total. The van der Waals surface area contributed by atoms with Crippen LogP contribution in [-0.2, 0) is 9.53 Å². The van der Waals surface area contributed by atoms with Gasteiger partial charge in [-0.1, -0.05) is 25.6 Å². The molecule has 3 unspecified atom stereocenters. The Morgan fingerprint density at radius 1 is 1.59 bits per heavy atom. The zero-order valence-electron chi connectivity index (χ0n) is 10.8. The molecule has 1 aliphatic rings. The average molecular weight is 258 g/mol. The summed E-state index contributed by atoms with van der Waals surface area (Å²) in [6, 6.07) is 0.0704. The van der Waals surface area contributed by atoms with E-state index in [9.17, 15) is 4.79 Å². The van der Waals surface area contributed by atoms with Gasteiger partial charge in [0, 0.05) is 19.1 Å². The summed E-state index contributed by atoms with van der Waals surface area (Å²) in [6.07, 6.45) is 3.61. The Balaban J connectivity index is 2.65. The fraction of sp³-hybridized carbons (Fsp3) is 0.833. The summed E-state index contributed by atoms with van der Waals surface area (Å²) in [7, 11) is 1.56. The van der Waals surface area contributed by atoms with Gasteiger partial charge in [-0.3, -0.25) is 4.79 Å². The van der Waals surface area contributed by atoms with Gasteiger partial charge in [-0.15, -0.1) is 0 Å². The summed E-state index contributed by atoms with van der Waals surface area (Å²) < 4.78 is 5.28. The van der Waals surface area contributed by atoms with Gasteiger partial charge >= 0.3 is 0 Å². The van der Waals surface area contributed by atoms with Gasteiger partial charge in [0.1, 0.15) is 5.60 Å². The number of nitrogens with two attached hydrogens (primary N) is 1. The van der Waals surface area contributed by atoms with E-state index in [2.05, 4.69) is 5.32 Å². The van der Waals surface area contributed by atoms with Crippen molar-refractivity contribution in [2.75, 3.05) is 7.11 Å². The van der Waals surface area contributed by atoms with Crippen molar-refractivity contribution in [1.29, 1.82) is 0 Å². The van der Waals surface area contributed by atoms with Crippen LogP contribution in [0.25, 0.3) is 0 Å². The first-order chi connectivity index (χ1) is 7.94. The number of hydrogen-bond donors (Lipinski definition) is 2. The maximum Gasteiger partial charge on any atom is 0.252 e. The Bertz CT molecular complexity index is 303. The van der Waals surface area contributed by atoms with Gasteiger partial charge in [0.15, 0.2) is 0 Å². The second-order valence-corrected chi connectivity index (χ2v) is 5.28. The fourth-order valence-corrected chi connectivity index (χ4v) is 2.47. The minimum Gasteiger partial charge on any atom is -0.393 e. The van der Waals surface area contributed by atoms with E-state index >= 15 is 0 Å². The number of nitrogens with one attached hydrogen (secondary N) is 1. The highest BCUT2D eigenvalue weighted by atomic mass is 32.1. The first kappa shape index (κ1) is 14.4. The monoisotopic (exact) mass is 258 g/mol. The van der Waals surface area contributed by atoms with E-state index in [1.165, 1.54) is 0 Å². The van der Waals surface area contributed by atoms with Crippen molar-refractivity contribution in [3.63, 3.8) is 0 Å². The van der Waals surface area contributed by atoms with E-state index in [4.69, 9.17) is 22.7 Å². The molecule has 5 heteroatoms. The summed E-state index contributed by atoms with van der Waals surface area (Å²) in [5, 5.41) is 3.02. The van der Waals surface area contributed by atoms with Crippen LogP contribution in [0.1, 0.15) is 39.5 Å². The molecular weight excluding hydrogens is 236 g/mol. The lowest BCUT2D eigenvalue weighted by molar-refractivity contribution is -0.142. The Morgan fingerprint density at radius 3 is 2.71 bits per heavy atom. The third kappa shape index (κ3) is 3.16. The highest BCUT2D eigenvalue weighted by Gasteiger charge is 2.36. The lowest BCUT2D eigenvalue weighted by Crippen LogP contribution is -2.51. The Labute approximate surface area is 108 Å². The predicted octanol–water partition coefficient (Wildman–Crippen LogP) is 1.37. The standard InChI is InChI=1S/C12H22N2O2S/c1-4-12(2,16-3)11(15)14-9-7-5-6-8(9)10(13)17/h8-9H,4-7H2,1-3H3,(H2,13,17)(H,14,15). The summed E-state index contributed by atoms with van der Waals surface area (Å²) in [5.74, 6) is 0.0579. The molecule has 1 aliphatic carbocycles. The normalized spacial score (nSPS) is 27.5. The van der Waals surface area contributed by atoms with Crippen LogP contribution < -0.4 is 11.1 Å². The van der Waals surface area contributed by atoms with Crippen LogP contribution >= 0.6 is 12.2 Å². The zero-order valence-corrected chi connectivity index (χ0v) is 11.6. The van der Waals surface area contributed by atoms with Crippen LogP contribution in [0, 0.1) is 5.92 Å². The lowest BCUT2D eigenvalue weighted by Gasteiger charge is -2.29. The summed E-state index contributed by atoms with van der Waals surface area (Å²) in [4.78, 5) is 12.6. The molecule has 0 aliphatic heterocycles. The van der Waals surface area contributed by atoms with Crippen molar-refractivity contribution in [1.82, 2.24) is 5.32 Å². The number of carbonyl (C=O) groups is 1. The van der Waals surface area contributed by atoms with Crippen LogP contribution in [0.15, 0.2) is 0 Å². The molecule has 1 rings (SSSR count). The minimum absolute atomic E-state index is 0.0704. The molecule has 3 atom stereocenters. The molecule has 0 aromatic carbocycles. The van der Waals surface area contributed by atoms with Crippen molar-refractivity contribution >= 4 is 23.1 Å². The van der Waals surface area contributed by atoms with Crippen molar-refractivity contribution in [2.24, 2.45) is 11.7 Å². The van der Waals surface area contributed by atoms with Gasteiger partial charge in [-0.05, 0) is 26.2 Å². The van der Waals surface area contributed by atoms with Crippen LogP contribution in [0.3, 0.4) is 0 Å². The average Bonchev–Trinajstić information content (AvgIpc) is 2.76. The van der Waals surface area contributed by atoms with Crippen molar-refractivity contribution in [3.05, 3.63) is 0 Å². The first-order valence-corrected chi connectivity index (χ1v) is 6.51. The third-order valence-electron chi connectivity index (χ3n) is 3.80. The third-order valence-corrected chi connectivity index (χ3v) is 4.11. The van der Waals surface area contributed by atoms with Crippen molar-refractivity contribution in [2.45, 2.75) is 51.2 Å². The van der Waals surface area contributed by atoms with Crippen molar-refractivity contribution < 1.29 is 9.53 Å². The van der Waals surface area contributed by atoms with Gasteiger partial charge in [-0.25, -0.2) is 0 Å². The molecule has 1 saturated carbocycles. The van der Waals surface area contributed by atoms with Gasteiger partial charge in [0.05, 0.1) is 4.99 Å². The number of amides is 1. The number of hydrogen-bond acceptors (Lipinski definition) is 3. The Hall–Kier alpha value is -0.680. The Kier molecular flexibility index (Phi) is 4.89. The largest absolute Gasteiger partial charge is 0.393 e. The molecule has 1 amide bonds. The van der Waals surface area contributed by atoms with Crippen LogP contribution in [0.4, 0.5) is 0 Å². The molecule has 0 radical (unpaired) electrons. The van der Waals surface area contributed by atoms with E-state index in [1.54, 1.807) is 14.0 Å². The molecule has 4 nitrogen and oxygen atoms in total.